The van der Waals surface area contributed by atoms with Crippen LogP contribution in [0.1, 0.15) is 73.3 Å². The molecule has 10 heteroatoms. The summed E-state index contributed by atoms with van der Waals surface area (Å²) in [6, 6.07) is 5.99. The Kier molecular flexibility index (Phi) is 8.68. The second-order valence-electron chi connectivity index (χ2n) is 11.6. The average molecular weight is 615 g/mol. The van der Waals surface area contributed by atoms with Crippen LogP contribution in [0.5, 0.6) is 0 Å². The topological polar surface area (TPSA) is 99.1 Å². The number of likely N-dealkylation sites (tertiary alicyclic amines) is 1. The lowest BCUT2D eigenvalue weighted by Crippen LogP contribution is -2.48. The highest BCUT2D eigenvalue weighted by Gasteiger charge is 2.31. The van der Waals surface area contributed by atoms with Gasteiger partial charge in [-0.15, -0.1) is 0 Å². The Morgan fingerprint density at radius 3 is 2.42 bits per heavy atom. The Balaban J connectivity index is 1.61. The number of carbonyl (C=O) groups is 2. The van der Waals surface area contributed by atoms with Gasteiger partial charge in [-0.25, -0.2) is 4.79 Å². The van der Waals surface area contributed by atoms with Crippen LogP contribution in [0.3, 0.4) is 0 Å². The smallest absolute Gasteiger partial charge is 0.410 e. The van der Waals surface area contributed by atoms with Crippen molar-refractivity contribution in [3.05, 3.63) is 67.2 Å². The molecule has 4 rings (SSSR count). The summed E-state index contributed by atoms with van der Waals surface area (Å²) in [5, 5.41) is 2.97. The molecule has 0 radical (unpaired) electrons. The fourth-order valence-corrected chi connectivity index (χ4v) is 5.96. The first-order valence-electron chi connectivity index (χ1n) is 13.8. The van der Waals surface area contributed by atoms with E-state index in [2.05, 4.69) is 42.5 Å². The number of anilines is 1. The van der Waals surface area contributed by atoms with Crippen LogP contribution in [0.4, 0.5) is 10.6 Å². The number of amides is 2. The Morgan fingerprint density at radius 1 is 1.15 bits per heavy atom. The lowest BCUT2D eigenvalue weighted by Gasteiger charge is -2.40. The minimum absolute atomic E-state index is 0.144. The number of carbonyl (C=O) groups excluding carboxylic acids is 2. The van der Waals surface area contributed by atoms with Crippen molar-refractivity contribution in [1.82, 2.24) is 19.6 Å². The van der Waals surface area contributed by atoms with E-state index in [0.29, 0.717) is 24.2 Å². The third-order valence-electron chi connectivity index (χ3n) is 7.41. The van der Waals surface area contributed by atoms with Crippen molar-refractivity contribution < 1.29 is 14.3 Å². The molecule has 0 aliphatic carbocycles. The van der Waals surface area contributed by atoms with Crippen LogP contribution in [0, 0.1) is 20.8 Å². The van der Waals surface area contributed by atoms with E-state index in [1.165, 1.54) is 0 Å². The van der Waals surface area contributed by atoms with Gasteiger partial charge in [0.15, 0.2) is 0 Å². The number of nitrogens with zero attached hydrogens (tertiary/aromatic N) is 3. The molecule has 1 aliphatic rings. The molecule has 4 heterocycles. The summed E-state index contributed by atoms with van der Waals surface area (Å²) in [6.45, 7) is 15.5. The second kappa shape index (κ2) is 11.7. The van der Waals surface area contributed by atoms with Gasteiger partial charge in [-0.3, -0.25) is 9.59 Å². The number of ether oxygens (including phenoxy) is 1. The number of nitrogens with one attached hydrogen (secondary N) is 2. The third-order valence-corrected chi connectivity index (χ3v) is 7.84. The van der Waals surface area contributed by atoms with E-state index < -0.39 is 5.60 Å². The molecule has 0 unspecified atom stereocenters. The molecule has 40 heavy (non-hydrogen) atoms. The summed E-state index contributed by atoms with van der Waals surface area (Å²) in [7, 11) is 0. The highest BCUT2D eigenvalue weighted by Crippen LogP contribution is 2.33. The van der Waals surface area contributed by atoms with E-state index in [9.17, 15) is 14.4 Å². The fraction of sp³-hybridized carbons (Fsp3) is 0.500. The van der Waals surface area contributed by atoms with Crippen LogP contribution < -0.4 is 15.8 Å². The van der Waals surface area contributed by atoms with Gasteiger partial charge in [0.1, 0.15) is 11.4 Å². The number of halogens is 1. The summed E-state index contributed by atoms with van der Waals surface area (Å²) in [5.41, 5.74) is 3.80. The van der Waals surface area contributed by atoms with Crippen LogP contribution in [-0.4, -0.2) is 57.6 Å². The molecule has 1 saturated heterocycles. The predicted molar refractivity (Wildman–Crippen MR) is 161 cm³/mol. The standard InChI is InChI=1S/C30H40BrN5O4/c1-8-35(22-9-11-34(12-10-22)29(39)40-30(5,6)7)28-20(4)24(15-23-14-21(31)17-36(23)28)26(37)32-16-25-18(2)13-19(3)33-27(25)38/h13-15,17,22H,8-12,16H2,1-7H3,(H,32,37)(H,33,38). The molecule has 1 aliphatic heterocycles. The minimum atomic E-state index is -0.527. The van der Waals surface area contributed by atoms with Crippen LogP contribution in [0.2, 0.25) is 0 Å². The molecular formula is C30H40BrN5O4. The van der Waals surface area contributed by atoms with E-state index in [1.54, 1.807) is 4.90 Å². The molecule has 2 amide bonds. The molecular weight excluding hydrogens is 574 g/mol. The van der Waals surface area contributed by atoms with Gasteiger partial charge in [0.2, 0.25) is 0 Å². The molecule has 0 saturated carbocycles. The van der Waals surface area contributed by atoms with Gasteiger partial charge in [-0.1, -0.05) is 0 Å². The van der Waals surface area contributed by atoms with E-state index in [1.807, 2.05) is 65.9 Å². The van der Waals surface area contributed by atoms with Crippen molar-refractivity contribution >= 4 is 39.3 Å². The van der Waals surface area contributed by atoms with Crippen LogP contribution in [0.15, 0.2) is 33.7 Å². The number of hydrogen-bond donors (Lipinski definition) is 2. The zero-order valence-corrected chi connectivity index (χ0v) is 26.1. The zero-order chi connectivity index (χ0) is 29.4. The fourth-order valence-electron chi connectivity index (χ4n) is 5.52. The van der Waals surface area contributed by atoms with E-state index in [-0.39, 0.29) is 30.1 Å². The first kappa shape index (κ1) is 29.7. The Bertz CT molecular complexity index is 1480. The summed E-state index contributed by atoms with van der Waals surface area (Å²) in [6.07, 6.45) is 3.33. The molecule has 0 bridgehead atoms. The summed E-state index contributed by atoms with van der Waals surface area (Å²) < 4.78 is 8.62. The maximum atomic E-state index is 13.5. The van der Waals surface area contributed by atoms with Gasteiger partial charge in [0.05, 0.1) is 0 Å². The number of hydrogen-bond acceptors (Lipinski definition) is 5. The average Bonchev–Trinajstić information content (AvgIpc) is 3.23. The summed E-state index contributed by atoms with van der Waals surface area (Å²) in [5.74, 6) is 0.727. The van der Waals surface area contributed by atoms with Gasteiger partial charge in [-0.2, -0.15) is 0 Å². The van der Waals surface area contributed by atoms with Crippen molar-refractivity contribution in [2.45, 2.75) is 79.5 Å². The van der Waals surface area contributed by atoms with Gasteiger partial charge in [0, 0.05) is 70.8 Å². The van der Waals surface area contributed by atoms with E-state index in [4.69, 9.17) is 4.74 Å². The molecule has 1 fully saturated rings. The zero-order valence-electron chi connectivity index (χ0n) is 24.5. The molecule has 2 N–H and O–H groups in total. The lowest BCUT2D eigenvalue weighted by atomic mass is 10.0. The van der Waals surface area contributed by atoms with Crippen molar-refractivity contribution in [3.63, 3.8) is 0 Å². The third kappa shape index (κ3) is 6.37. The van der Waals surface area contributed by atoms with Gasteiger partial charge >= 0.3 is 6.09 Å². The first-order valence-corrected chi connectivity index (χ1v) is 14.6. The monoisotopic (exact) mass is 613 g/mol. The number of pyridine rings is 2. The van der Waals surface area contributed by atoms with Gasteiger partial charge in [-0.05, 0) is 101 Å². The number of aromatic amines is 1. The number of H-pyrrole nitrogens is 1. The highest BCUT2D eigenvalue weighted by molar-refractivity contribution is 9.10. The largest absolute Gasteiger partial charge is 0.444 e. The van der Waals surface area contributed by atoms with Crippen LogP contribution >= 0.6 is 15.9 Å². The normalized spacial score (nSPS) is 14.4. The Labute approximate surface area is 244 Å². The predicted octanol–water partition coefficient (Wildman–Crippen LogP) is 5.47. The van der Waals surface area contributed by atoms with Crippen LogP contribution in [0.25, 0.3) is 5.52 Å². The molecule has 0 aromatic carbocycles. The summed E-state index contributed by atoms with van der Waals surface area (Å²) >= 11 is 3.61. The Hall–Kier alpha value is -3.27. The molecule has 0 spiro atoms. The van der Waals surface area contributed by atoms with E-state index >= 15 is 0 Å². The maximum absolute atomic E-state index is 13.5. The highest BCUT2D eigenvalue weighted by atomic mass is 79.9. The van der Waals surface area contributed by atoms with Crippen LogP contribution in [-0.2, 0) is 11.3 Å². The molecule has 0 atom stereocenters. The number of rotatable bonds is 6. The lowest BCUT2D eigenvalue weighted by molar-refractivity contribution is 0.0204. The minimum Gasteiger partial charge on any atom is -0.444 e. The SMILES string of the molecule is CCN(c1c(C)c(C(=O)NCc2c(C)cc(C)[nH]c2=O)cc2cc(Br)cn12)C1CCN(C(=O)OC(C)(C)C)CC1. The maximum Gasteiger partial charge on any atom is 0.410 e. The first-order chi connectivity index (χ1) is 18.8. The number of aryl methyl sites for hydroxylation is 2. The number of fused-ring (bicyclic) bond motifs is 1. The van der Waals surface area contributed by atoms with Crippen molar-refractivity contribution in [1.29, 1.82) is 0 Å². The molecule has 9 nitrogen and oxygen atoms in total. The van der Waals surface area contributed by atoms with Gasteiger partial charge < -0.3 is 29.2 Å². The second-order valence-corrected chi connectivity index (χ2v) is 12.5. The Morgan fingerprint density at radius 2 is 1.82 bits per heavy atom. The molecule has 216 valence electrons. The van der Waals surface area contributed by atoms with Crippen molar-refractivity contribution in [2.24, 2.45) is 0 Å². The van der Waals surface area contributed by atoms with Crippen molar-refractivity contribution in [3.8, 4) is 0 Å². The molecule has 3 aromatic heterocycles. The summed E-state index contributed by atoms with van der Waals surface area (Å²) in [4.78, 5) is 45.6. The molecule has 3 aromatic rings. The van der Waals surface area contributed by atoms with E-state index in [0.717, 1.165) is 52.0 Å². The van der Waals surface area contributed by atoms with Crippen molar-refractivity contribution in [2.75, 3.05) is 24.5 Å². The number of piperidine rings is 1. The quantitative estimate of drug-likeness (QED) is 0.384. The van der Waals surface area contributed by atoms with Gasteiger partial charge in [0.25, 0.3) is 11.5 Å². The number of aromatic nitrogens is 2.